The van der Waals surface area contributed by atoms with Crippen LogP contribution in [0.4, 0.5) is 5.82 Å². The van der Waals surface area contributed by atoms with Gasteiger partial charge >= 0.3 is 0 Å². The summed E-state index contributed by atoms with van der Waals surface area (Å²) in [6.07, 6.45) is 2.13. The molecule has 2 aromatic rings. The van der Waals surface area contributed by atoms with Crippen molar-refractivity contribution in [3.63, 3.8) is 0 Å². The second-order valence-corrected chi connectivity index (χ2v) is 9.47. The number of benzene rings is 1. The van der Waals surface area contributed by atoms with Gasteiger partial charge in [-0.3, -0.25) is 13.8 Å². The number of hydrogen-bond donors (Lipinski definition) is 3. The van der Waals surface area contributed by atoms with Gasteiger partial charge in [-0.15, -0.1) is 0 Å². The molecule has 1 atom stereocenters. The van der Waals surface area contributed by atoms with E-state index in [9.17, 15) is 9.11 Å². The lowest BCUT2D eigenvalue weighted by atomic mass is 9.83. The minimum absolute atomic E-state index is 0.314. The van der Waals surface area contributed by atoms with Gasteiger partial charge < -0.3 is 4.52 Å². The number of aromatic nitrogens is 1. The molecule has 0 radical (unpaired) electrons. The number of hydrogen-bond acceptors (Lipinski definition) is 5. The first-order valence-electron chi connectivity index (χ1n) is 8.13. The van der Waals surface area contributed by atoms with E-state index in [2.05, 4.69) is 37.6 Å². The molecule has 1 unspecified atom stereocenters. The second-order valence-electron chi connectivity index (χ2n) is 7.69. The first-order valence-corrected chi connectivity index (χ1v) is 9.68. The van der Waals surface area contributed by atoms with Gasteiger partial charge in [0, 0.05) is 6.07 Å². The number of aryl methyl sites for hydroxylation is 1. The van der Waals surface area contributed by atoms with Gasteiger partial charge in [0.2, 0.25) is 0 Å². The average molecular weight is 353 g/mol. The normalized spacial score (nSPS) is 14.5. The van der Waals surface area contributed by atoms with Gasteiger partial charge in [0.15, 0.2) is 5.82 Å². The Kier molecular flexibility index (Phi) is 5.63. The summed E-state index contributed by atoms with van der Waals surface area (Å²) in [4.78, 5) is 0.440. The summed E-state index contributed by atoms with van der Waals surface area (Å²) in [5, 5.41) is 3.73. The molecule has 0 saturated carbocycles. The van der Waals surface area contributed by atoms with Crippen LogP contribution >= 0.6 is 10.8 Å². The molecule has 1 heterocycles. The molecule has 0 aliphatic rings. The monoisotopic (exact) mass is 352 g/mol. The van der Waals surface area contributed by atoms with Crippen LogP contribution in [0.3, 0.4) is 0 Å². The zero-order valence-corrected chi connectivity index (χ0v) is 15.9. The predicted octanol–water partition coefficient (Wildman–Crippen LogP) is 5.73. The summed E-state index contributed by atoms with van der Waals surface area (Å²) in [6, 6.07) is 9.05. The van der Waals surface area contributed by atoms with Gasteiger partial charge in [0.05, 0.1) is 4.90 Å². The molecular formula is C18H28N2O3S. The SMILES string of the molecule is Cc1cc(NS(O)(O)c2ccc(CC(C)CC(C)(C)C)cc2)no1. The molecule has 6 heteroatoms. The summed E-state index contributed by atoms with van der Waals surface area (Å²) in [6.45, 7) is 10.7. The van der Waals surface area contributed by atoms with Crippen LogP contribution in [0.5, 0.6) is 0 Å². The van der Waals surface area contributed by atoms with Gasteiger partial charge in [-0.25, -0.2) is 0 Å². The summed E-state index contributed by atoms with van der Waals surface area (Å²) >= 11 is 0. The highest BCUT2D eigenvalue weighted by Crippen LogP contribution is 2.47. The molecule has 0 aliphatic carbocycles. The van der Waals surface area contributed by atoms with Gasteiger partial charge in [-0.1, -0.05) is 55.8 Å². The molecule has 0 fully saturated rings. The maximum Gasteiger partial charge on any atom is 0.187 e. The molecular weight excluding hydrogens is 324 g/mol. The van der Waals surface area contributed by atoms with Crippen LogP contribution < -0.4 is 4.72 Å². The minimum atomic E-state index is -3.15. The summed E-state index contributed by atoms with van der Waals surface area (Å²) in [5.41, 5.74) is 1.51. The molecule has 5 nitrogen and oxygen atoms in total. The molecule has 0 aliphatic heterocycles. The van der Waals surface area contributed by atoms with E-state index in [-0.39, 0.29) is 0 Å². The first-order chi connectivity index (χ1) is 11.0. The van der Waals surface area contributed by atoms with Crippen LogP contribution in [0.1, 0.15) is 45.4 Å². The fourth-order valence-electron chi connectivity index (χ4n) is 2.95. The maximum atomic E-state index is 10.3. The van der Waals surface area contributed by atoms with E-state index in [0.29, 0.717) is 27.8 Å². The van der Waals surface area contributed by atoms with Crippen molar-refractivity contribution in [1.82, 2.24) is 5.16 Å². The third-order valence-electron chi connectivity index (χ3n) is 3.67. The zero-order chi connectivity index (χ0) is 18.0. The third kappa shape index (κ3) is 5.54. The van der Waals surface area contributed by atoms with Crippen LogP contribution in [-0.2, 0) is 6.42 Å². The van der Waals surface area contributed by atoms with Crippen LogP contribution in [0.2, 0.25) is 0 Å². The van der Waals surface area contributed by atoms with Crippen molar-refractivity contribution in [2.45, 2.75) is 52.4 Å². The Hall–Kier alpha value is -1.50. The fraction of sp³-hybridized carbons (Fsp3) is 0.500. The highest BCUT2D eigenvalue weighted by Gasteiger charge is 2.19. The van der Waals surface area contributed by atoms with Crippen molar-refractivity contribution in [3.8, 4) is 0 Å². The van der Waals surface area contributed by atoms with E-state index in [0.717, 1.165) is 12.8 Å². The number of nitrogens with one attached hydrogen (secondary N) is 1. The van der Waals surface area contributed by atoms with Crippen LogP contribution in [0.25, 0.3) is 0 Å². The lowest BCUT2D eigenvalue weighted by Crippen LogP contribution is -2.13. The Balaban J connectivity index is 2.02. The summed E-state index contributed by atoms with van der Waals surface area (Å²) in [5.74, 6) is 1.50. The molecule has 3 N–H and O–H groups in total. The smallest absolute Gasteiger partial charge is 0.187 e. The second kappa shape index (κ2) is 7.17. The van der Waals surface area contributed by atoms with E-state index < -0.39 is 10.8 Å². The fourth-order valence-corrected chi connectivity index (χ4v) is 3.98. The topological polar surface area (TPSA) is 78.5 Å². The Labute approximate surface area is 145 Å². The van der Waals surface area contributed by atoms with Gasteiger partial charge in [0.25, 0.3) is 0 Å². The van der Waals surface area contributed by atoms with E-state index in [1.807, 2.05) is 12.1 Å². The summed E-state index contributed by atoms with van der Waals surface area (Å²) < 4.78 is 28.2. The van der Waals surface area contributed by atoms with Crippen molar-refractivity contribution in [2.24, 2.45) is 11.3 Å². The van der Waals surface area contributed by atoms with Gasteiger partial charge in [-0.2, -0.15) is 0 Å². The molecule has 0 spiro atoms. The lowest BCUT2D eigenvalue weighted by Gasteiger charge is -2.32. The molecule has 0 saturated heterocycles. The minimum Gasteiger partial charge on any atom is -0.360 e. The number of rotatable bonds is 6. The average Bonchev–Trinajstić information content (AvgIpc) is 2.81. The van der Waals surface area contributed by atoms with E-state index >= 15 is 0 Å². The van der Waals surface area contributed by atoms with Crippen molar-refractivity contribution >= 4 is 16.6 Å². The number of anilines is 1. The largest absolute Gasteiger partial charge is 0.360 e. The highest BCUT2D eigenvalue weighted by molar-refractivity contribution is 8.25. The van der Waals surface area contributed by atoms with Crippen molar-refractivity contribution < 1.29 is 13.6 Å². The first kappa shape index (κ1) is 18.8. The molecule has 1 aromatic heterocycles. The quantitative estimate of drug-likeness (QED) is 0.618. The highest BCUT2D eigenvalue weighted by atomic mass is 32.3. The molecule has 1 aromatic carbocycles. The zero-order valence-electron chi connectivity index (χ0n) is 15.0. The van der Waals surface area contributed by atoms with Crippen molar-refractivity contribution in [3.05, 3.63) is 41.7 Å². The van der Waals surface area contributed by atoms with Crippen LogP contribution in [0.15, 0.2) is 39.8 Å². The van der Waals surface area contributed by atoms with Crippen molar-refractivity contribution in [2.75, 3.05) is 4.72 Å². The predicted molar refractivity (Wildman–Crippen MR) is 99.4 cm³/mol. The maximum absolute atomic E-state index is 10.3. The van der Waals surface area contributed by atoms with Crippen LogP contribution in [-0.4, -0.2) is 14.3 Å². The molecule has 0 bridgehead atoms. The van der Waals surface area contributed by atoms with Gasteiger partial charge in [0.1, 0.15) is 5.76 Å². The van der Waals surface area contributed by atoms with E-state index in [4.69, 9.17) is 4.52 Å². The Morgan fingerprint density at radius 2 is 1.83 bits per heavy atom. The number of nitrogens with zero attached hydrogens (tertiary/aromatic N) is 1. The standard InChI is InChI=1S/C18H28N2O3S/c1-13(12-18(3,4)5)10-15-6-8-16(9-7-15)24(21,22)20-17-11-14(2)23-19-17/h6-9,11,13,21-22H,10,12H2,1-5H3,(H,19,20). The van der Waals surface area contributed by atoms with E-state index in [1.54, 1.807) is 25.1 Å². The Morgan fingerprint density at radius 1 is 1.21 bits per heavy atom. The Morgan fingerprint density at radius 3 is 2.33 bits per heavy atom. The van der Waals surface area contributed by atoms with Crippen molar-refractivity contribution in [1.29, 1.82) is 0 Å². The third-order valence-corrected chi connectivity index (χ3v) is 5.10. The molecule has 24 heavy (non-hydrogen) atoms. The van der Waals surface area contributed by atoms with Gasteiger partial charge in [-0.05, 0) is 48.8 Å². The van der Waals surface area contributed by atoms with Crippen LogP contribution in [0, 0.1) is 18.3 Å². The molecule has 0 amide bonds. The molecule has 2 rings (SSSR count). The lowest BCUT2D eigenvalue weighted by molar-refractivity contribution is 0.306. The Bertz CT molecular complexity index is 660. The molecule has 134 valence electrons. The van der Waals surface area contributed by atoms with E-state index in [1.165, 1.54) is 5.56 Å². The summed E-state index contributed by atoms with van der Waals surface area (Å²) in [7, 11) is -3.15.